The zero-order valence-corrected chi connectivity index (χ0v) is 30.2. The SMILES string of the molecule is [NH2+]=C1C=CC(C(O)COc2ccc(C3C=C(O)c4c(cc(OC5OC(C(=O)O)C6(O)C(C7=NC=NC7)C=CC5(O)C6O)c(OCc5cccc(O)c5)c4O)O3)cc2)=N1. The number of phenols is 2. The summed E-state index contributed by atoms with van der Waals surface area (Å²) < 4.78 is 29.7. The number of ether oxygens (including phenoxy) is 5. The van der Waals surface area contributed by atoms with E-state index in [4.69, 9.17) is 29.1 Å². The molecule has 0 aromatic heterocycles. The first kappa shape index (κ1) is 38.3. The van der Waals surface area contributed by atoms with Gasteiger partial charge >= 0.3 is 11.8 Å². The van der Waals surface area contributed by atoms with Crippen molar-refractivity contribution in [3.8, 4) is 34.5 Å². The first-order chi connectivity index (χ1) is 27.8. The molecule has 0 radical (unpaired) electrons. The van der Waals surface area contributed by atoms with Crippen LogP contribution in [0.5, 0.6) is 34.5 Å². The number of rotatable bonds is 12. The van der Waals surface area contributed by atoms with Crippen molar-refractivity contribution < 1.29 is 74.7 Å². The van der Waals surface area contributed by atoms with E-state index in [0.717, 1.165) is 6.08 Å². The Balaban J connectivity index is 1.11. The summed E-state index contributed by atoms with van der Waals surface area (Å²) in [5, 5.41) is 94.5. The van der Waals surface area contributed by atoms with Gasteiger partial charge in [-0.15, -0.1) is 0 Å². The van der Waals surface area contributed by atoms with Crippen LogP contribution in [0.15, 0.2) is 100.0 Å². The Hall–Kier alpha value is -6.57. The third kappa shape index (κ3) is 6.71. The summed E-state index contributed by atoms with van der Waals surface area (Å²) in [6, 6.07) is 13.8. The number of hydrogen-bond acceptors (Lipinski definition) is 15. The van der Waals surface area contributed by atoms with Crippen LogP contribution in [0.25, 0.3) is 5.76 Å². The normalized spacial score (nSPS) is 28.5. The van der Waals surface area contributed by atoms with Crippen LogP contribution in [-0.2, 0) is 16.1 Å². The summed E-state index contributed by atoms with van der Waals surface area (Å²) >= 11 is 0. The molecule has 18 nitrogen and oxygen atoms in total. The molecule has 1 saturated heterocycles. The largest absolute Gasteiger partial charge is 0.508 e. The second-order valence-corrected chi connectivity index (χ2v) is 14.1. The first-order valence-electron chi connectivity index (χ1n) is 17.9. The number of benzene rings is 3. The maximum atomic E-state index is 12.6. The van der Waals surface area contributed by atoms with Gasteiger partial charge in [-0.05, 0) is 52.5 Å². The van der Waals surface area contributed by atoms with Crippen molar-refractivity contribution in [2.45, 2.75) is 48.5 Å². The van der Waals surface area contributed by atoms with Gasteiger partial charge in [-0.1, -0.05) is 30.3 Å². The third-order valence-corrected chi connectivity index (χ3v) is 10.3. The Bertz CT molecular complexity index is 2360. The number of fused-ring (bicyclic) bond motifs is 3. The molecule has 1 aliphatic carbocycles. The fourth-order valence-electron chi connectivity index (χ4n) is 7.36. The van der Waals surface area contributed by atoms with Crippen LogP contribution >= 0.6 is 0 Å². The number of aliphatic carboxylic acids is 1. The summed E-state index contributed by atoms with van der Waals surface area (Å²) in [4.78, 5) is 24.7. The molecule has 5 aliphatic rings. The molecule has 8 rings (SSSR count). The zero-order chi connectivity index (χ0) is 40.9. The highest BCUT2D eigenvalue weighted by Crippen LogP contribution is 2.53. The highest BCUT2D eigenvalue weighted by molar-refractivity contribution is 6.14. The molecule has 0 saturated carbocycles. The second-order valence-electron chi connectivity index (χ2n) is 14.1. The number of aliphatic imine (C=N–C) groups is 3. The molecule has 2 bridgehead atoms. The first-order valence-corrected chi connectivity index (χ1v) is 17.9. The van der Waals surface area contributed by atoms with Crippen molar-refractivity contribution in [3.05, 3.63) is 102 Å². The molecule has 0 spiro atoms. The van der Waals surface area contributed by atoms with Gasteiger partial charge in [-0.3, -0.25) is 10.4 Å². The molecule has 300 valence electrons. The van der Waals surface area contributed by atoms with Crippen molar-refractivity contribution in [2.75, 3.05) is 13.2 Å². The van der Waals surface area contributed by atoms with Gasteiger partial charge in [-0.25, -0.2) is 9.79 Å². The van der Waals surface area contributed by atoms with E-state index in [1.54, 1.807) is 48.6 Å². The van der Waals surface area contributed by atoms with E-state index in [0.29, 0.717) is 22.6 Å². The average molecular weight is 798 g/mol. The number of carbonyl (C=O) groups is 1. The maximum Gasteiger partial charge on any atom is 0.336 e. The van der Waals surface area contributed by atoms with E-state index in [-0.39, 0.29) is 48.4 Å². The predicted octanol–water partition coefficient (Wildman–Crippen LogP) is 0.298. The molecule has 4 heterocycles. The molecular formula is C40H37N4O14+. The van der Waals surface area contributed by atoms with Crippen LogP contribution in [-0.4, -0.2) is 119 Å². The maximum absolute atomic E-state index is 12.6. The van der Waals surface area contributed by atoms with Crippen molar-refractivity contribution in [3.63, 3.8) is 0 Å². The van der Waals surface area contributed by atoms with Gasteiger partial charge in [0.2, 0.25) is 12.0 Å². The lowest BCUT2D eigenvalue weighted by Crippen LogP contribution is -2.78. The monoisotopic (exact) mass is 797 g/mol. The van der Waals surface area contributed by atoms with Gasteiger partial charge in [0.05, 0.1) is 18.2 Å². The topological polar surface area (TPSA) is 288 Å². The number of aromatic hydroxyl groups is 2. The molecule has 1 fully saturated rings. The molecule has 18 heteroatoms. The fourth-order valence-corrected chi connectivity index (χ4v) is 7.36. The van der Waals surface area contributed by atoms with Gasteiger partial charge in [0.1, 0.15) is 65.9 Å². The lowest BCUT2D eigenvalue weighted by atomic mass is 9.64. The van der Waals surface area contributed by atoms with Crippen LogP contribution < -0.4 is 24.4 Å². The van der Waals surface area contributed by atoms with Gasteiger partial charge in [0.25, 0.3) is 0 Å². The van der Waals surface area contributed by atoms with Crippen LogP contribution in [0.2, 0.25) is 0 Å². The molecular weight excluding hydrogens is 760 g/mol. The second kappa shape index (κ2) is 14.7. The summed E-state index contributed by atoms with van der Waals surface area (Å²) in [6.07, 6.45) is -0.295. The molecule has 4 aliphatic heterocycles. The average Bonchev–Trinajstić information content (AvgIpc) is 3.89. The summed E-state index contributed by atoms with van der Waals surface area (Å²) in [7, 11) is 0. The number of aliphatic hydroxyl groups is 5. The minimum absolute atomic E-state index is 0.0111. The summed E-state index contributed by atoms with van der Waals surface area (Å²) in [6.45, 7) is -0.363. The number of carboxylic acid groups (broad SMARTS) is 1. The molecule has 3 aromatic rings. The van der Waals surface area contributed by atoms with E-state index in [1.165, 1.54) is 36.7 Å². The summed E-state index contributed by atoms with van der Waals surface area (Å²) in [5.74, 6) is -4.34. The van der Waals surface area contributed by atoms with Crippen LogP contribution in [0.3, 0.4) is 0 Å². The van der Waals surface area contributed by atoms with Gasteiger partial charge < -0.3 is 64.5 Å². The number of phenolic OH excluding ortho intramolecular Hbond substituents is 2. The number of nitrogens with zero attached hydrogens (tertiary/aromatic N) is 3. The van der Waals surface area contributed by atoms with Crippen molar-refractivity contribution >= 4 is 35.3 Å². The van der Waals surface area contributed by atoms with E-state index < -0.39 is 76.8 Å². The van der Waals surface area contributed by atoms with Crippen molar-refractivity contribution in [1.29, 1.82) is 0 Å². The zero-order valence-electron chi connectivity index (χ0n) is 30.2. The molecule has 8 unspecified atom stereocenters. The molecule has 8 atom stereocenters. The Morgan fingerprint density at radius 3 is 2.53 bits per heavy atom. The minimum atomic E-state index is -2.63. The third-order valence-electron chi connectivity index (χ3n) is 10.3. The Kier molecular flexibility index (Phi) is 9.74. The van der Waals surface area contributed by atoms with Gasteiger partial charge in [-0.2, -0.15) is 0 Å². The number of amidine groups is 1. The molecule has 58 heavy (non-hydrogen) atoms. The Morgan fingerprint density at radius 1 is 1.05 bits per heavy atom. The number of aliphatic hydroxyl groups excluding tert-OH is 3. The number of carboxylic acids is 1. The Labute approximate surface area is 328 Å². The highest BCUT2D eigenvalue weighted by atomic mass is 16.7. The number of nitrogens with two attached hydrogens (primary N) is 1. The molecule has 0 amide bonds. The van der Waals surface area contributed by atoms with E-state index >= 15 is 0 Å². The van der Waals surface area contributed by atoms with E-state index in [2.05, 4.69) is 15.0 Å². The van der Waals surface area contributed by atoms with Crippen LogP contribution in [0, 0.1) is 5.92 Å². The van der Waals surface area contributed by atoms with Gasteiger partial charge in [0.15, 0.2) is 35.0 Å². The summed E-state index contributed by atoms with van der Waals surface area (Å²) in [5.41, 5.74) is -3.84. The quantitative estimate of drug-likeness (QED) is 0.112. The van der Waals surface area contributed by atoms with Gasteiger partial charge in [0, 0.05) is 18.2 Å². The van der Waals surface area contributed by atoms with Crippen LogP contribution in [0.4, 0.5) is 0 Å². The molecule has 3 aromatic carbocycles. The predicted molar refractivity (Wildman–Crippen MR) is 202 cm³/mol. The highest BCUT2D eigenvalue weighted by Gasteiger charge is 2.69. The lowest BCUT2D eigenvalue weighted by molar-refractivity contribution is -0.337. The minimum Gasteiger partial charge on any atom is -0.508 e. The van der Waals surface area contributed by atoms with Crippen LogP contribution in [0.1, 0.15) is 22.8 Å². The fraction of sp³-hybridized carbons (Fsp3) is 0.275. The van der Waals surface area contributed by atoms with Crippen molar-refractivity contribution in [1.82, 2.24) is 0 Å². The molecule has 10 N–H and O–H groups in total. The number of hydrogen-bond donors (Lipinski definition) is 9. The smallest absolute Gasteiger partial charge is 0.336 e. The van der Waals surface area contributed by atoms with E-state index in [9.17, 15) is 45.6 Å². The lowest BCUT2D eigenvalue weighted by Gasteiger charge is -2.55. The standard InChI is InChI=1S/C40H36N4O14/c41-31-9-8-24(44-31)27(47)17-54-22-6-4-20(5-7-22)28-13-26(46)32-29(56-28)14-30(34(33(32)48)55-16-19-2-1-3-21(45)12-19)57-38-39(52)11-10-23(25-15-42-18-43-25)40(53,37(39)51)35(58-38)36(49)50/h1-14,18,23,27-28,35,37-38,41,45-48,51-53H,15-17H2,(H,49,50)/p+1. The Morgan fingerprint density at radius 2 is 1.84 bits per heavy atom. The van der Waals surface area contributed by atoms with Crippen molar-refractivity contribution in [2.24, 2.45) is 20.9 Å². The van der Waals surface area contributed by atoms with E-state index in [1.807, 2.05) is 0 Å².